The SMILES string of the molecule is CC(C)(C)[Si](C)(C)OC1OC=C(C(=O)O)C2CC=C(C=O)[C@@H]12. The van der Waals surface area contributed by atoms with Crippen molar-refractivity contribution >= 4 is 20.6 Å². The Morgan fingerprint density at radius 3 is 2.59 bits per heavy atom. The molecule has 0 saturated heterocycles. The minimum absolute atomic E-state index is 0.00626. The summed E-state index contributed by atoms with van der Waals surface area (Å²) in [4.78, 5) is 22.7. The van der Waals surface area contributed by atoms with Crippen molar-refractivity contribution in [2.45, 2.75) is 51.6 Å². The van der Waals surface area contributed by atoms with Crippen molar-refractivity contribution in [3.63, 3.8) is 0 Å². The summed E-state index contributed by atoms with van der Waals surface area (Å²) in [5.74, 6) is -1.58. The van der Waals surface area contributed by atoms with Gasteiger partial charge in [-0.2, -0.15) is 0 Å². The third-order valence-corrected chi connectivity index (χ3v) is 9.48. The molecule has 2 rings (SSSR count). The van der Waals surface area contributed by atoms with Gasteiger partial charge in [0, 0.05) is 5.92 Å². The molecule has 1 aliphatic heterocycles. The van der Waals surface area contributed by atoms with E-state index in [-0.39, 0.29) is 22.4 Å². The molecule has 6 heteroatoms. The Bertz CT molecular complexity index is 541. The predicted octanol–water partition coefficient (Wildman–Crippen LogP) is 3.09. The fourth-order valence-electron chi connectivity index (χ4n) is 2.66. The maximum atomic E-state index is 11.4. The van der Waals surface area contributed by atoms with E-state index in [1.165, 1.54) is 6.26 Å². The number of hydrogen-bond acceptors (Lipinski definition) is 4. The maximum absolute atomic E-state index is 11.4. The van der Waals surface area contributed by atoms with Crippen LogP contribution in [0.3, 0.4) is 0 Å². The van der Waals surface area contributed by atoms with Crippen molar-refractivity contribution in [3.05, 3.63) is 23.5 Å². The number of fused-ring (bicyclic) bond motifs is 1. The minimum Gasteiger partial charge on any atom is -0.478 e. The minimum atomic E-state index is -2.09. The molecule has 0 aromatic heterocycles. The molecule has 0 radical (unpaired) electrons. The molecule has 0 fully saturated rings. The molecular formula is C16H24O5Si. The smallest absolute Gasteiger partial charge is 0.335 e. The molecule has 0 saturated carbocycles. The van der Waals surface area contributed by atoms with E-state index in [1.807, 2.05) is 0 Å². The van der Waals surface area contributed by atoms with E-state index < -0.39 is 20.6 Å². The number of aliphatic carboxylic acids is 1. The van der Waals surface area contributed by atoms with Gasteiger partial charge >= 0.3 is 5.97 Å². The van der Waals surface area contributed by atoms with Crippen LogP contribution in [-0.2, 0) is 18.8 Å². The molecule has 122 valence electrons. The number of hydrogen-bond donors (Lipinski definition) is 1. The highest BCUT2D eigenvalue weighted by Crippen LogP contribution is 2.46. The van der Waals surface area contributed by atoms with Gasteiger partial charge in [0.2, 0.25) is 0 Å². The number of allylic oxidation sites excluding steroid dienone is 1. The van der Waals surface area contributed by atoms with Gasteiger partial charge < -0.3 is 14.3 Å². The van der Waals surface area contributed by atoms with Crippen molar-refractivity contribution in [2.24, 2.45) is 11.8 Å². The van der Waals surface area contributed by atoms with Gasteiger partial charge in [0.1, 0.15) is 6.29 Å². The zero-order valence-electron chi connectivity index (χ0n) is 13.8. The van der Waals surface area contributed by atoms with E-state index in [9.17, 15) is 14.7 Å². The van der Waals surface area contributed by atoms with Crippen LogP contribution in [0.4, 0.5) is 0 Å². The quantitative estimate of drug-likeness (QED) is 0.635. The van der Waals surface area contributed by atoms with E-state index in [0.29, 0.717) is 12.0 Å². The summed E-state index contributed by atoms with van der Waals surface area (Å²) in [7, 11) is -2.09. The number of carbonyl (C=O) groups excluding carboxylic acids is 1. The van der Waals surface area contributed by atoms with Crippen LogP contribution in [-0.4, -0.2) is 32.0 Å². The maximum Gasteiger partial charge on any atom is 0.335 e. The first-order chi connectivity index (χ1) is 10.1. The Hall–Kier alpha value is -1.40. The fraction of sp³-hybridized carbons (Fsp3) is 0.625. The molecule has 0 bridgehead atoms. The van der Waals surface area contributed by atoms with Crippen LogP contribution in [0.25, 0.3) is 0 Å². The molecule has 0 aromatic rings. The van der Waals surface area contributed by atoms with Crippen LogP contribution in [0.2, 0.25) is 18.1 Å². The van der Waals surface area contributed by atoms with Crippen LogP contribution in [0.1, 0.15) is 27.2 Å². The zero-order valence-corrected chi connectivity index (χ0v) is 14.8. The van der Waals surface area contributed by atoms with E-state index in [4.69, 9.17) is 9.16 Å². The summed E-state index contributed by atoms with van der Waals surface area (Å²) in [6.07, 6.45) is 3.84. The lowest BCUT2D eigenvalue weighted by Crippen LogP contribution is -2.48. The Morgan fingerprint density at radius 2 is 2.09 bits per heavy atom. The topological polar surface area (TPSA) is 72.8 Å². The lowest BCUT2D eigenvalue weighted by atomic mass is 9.84. The van der Waals surface area contributed by atoms with Gasteiger partial charge in [0.05, 0.1) is 17.8 Å². The lowest BCUT2D eigenvalue weighted by Gasteiger charge is -2.42. The Labute approximate surface area is 132 Å². The van der Waals surface area contributed by atoms with E-state index >= 15 is 0 Å². The van der Waals surface area contributed by atoms with Gasteiger partial charge in [-0.3, -0.25) is 4.79 Å². The molecule has 5 nitrogen and oxygen atoms in total. The molecular weight excluding hydrogens is 300 g/mol. The molecule has 1 heterocycles. The molecule has 2 aliphatic rings. The summed E-state index contributed by atoms with van der Waals surface area (Å²) in [5.41, 5.74) is 0.800. The third kappa shape index (κ3) is 2.90. The number of carboxylic acids is 1. The van der Waals surface area contributed by atoms with E-state index in [2.05, 4.69) is 33.9 Å². The Balaban J connectivity index is 2.31. The predicted molar refractivity (Wildman–Crippen MR) is 84.6 cm³/mol. The summed E-state index contributed by atoms with van der Waals surface area (Å²) in [6, 6.07) is 0. The summed E-state index contributed by atoms with van der Waals surface area (Å²) < 4.78 is 11.9. The molecule has 1 N–H and O–H groups in total. The molecule has 2 unspecified atom stereocenters. The number of aldehydes is 1. The standard InChI is InChI=1S/C16H24O5Si/c1-16(2,3)22(4,5)21-15-13-10(8-17)6-7-11(13)12(9-20-15)14(18)19/h6,8-9,11,13,15H,7H2,1-5H3,(H,18,19)/t11?,13-,15?/m1/s1. The first-order valence-corrected chi connectivity index (χ1v) is 10.4. The van der Waals surface area contributed by atoms with Crippen molar-refractivity contribution < 1.29 is 23.9 Å². The molecule has 0 aromatic carbocycles. The van der Waals surface area contributed by atoms with E-state index in [1.54, 1.807) is 6.08 Å². The van der Waals surface area contributed by atoms with Gasteiger partial charge in [0.15, 0.2) is 14.6 Å². The van der Waals surface area contributed by atoms with Crippen LogP contribution in [0.5, 0.6) is 0 Å². The second kappa shape index (κ2) is 5.66. The summed E-state index contributed by atoms with van der Waals surface area (Å²) in [6.45, 7) is 10.6. The molecule has 0 amide bonds. The number of carboxylic acid groups (broad SMARTS) is 1. The zero-order chi connectivity index (χ0) is 16.7. The largest absolute Gasteiger partial charge is 0.478 e. The lowest BCUT2D eigenvalue weighted by molar-refractivity contribution is -0.137. The van der Waals surface area contributed by atoms with Gasteiger partial charge in [-0.1, -0.05) is 26.8 Å². The summed E-state index contributed by atoms with van der Waals surface area (Å²) in [5, 5.41) is 9.31. The van der Waals surface area contributed by atoms with Crippen molar-refractivity contribution in [1.29, 1.82) is 0 Å². The van der Waals surface area contributed by atoms with Gasteiger partial charge in [-0.25, -0.2) is 4.79 Å². The average Bonchev–Trinajstić information content (AvgIpc) is 2.81. The molecule has 3 atom stereocenters. The van der Waals surface area contributed by atoms with Crippen molar-refractivity contribution in [2.75, 3.05) is 0 Å². The molecule has 1 aliphatic carbocycles. The highest BCUT2D eigenvalue weighted by Gasteiger charge is 2.48. The first kappa shape index (κ1) is 17.0. The normalized spacial score (nSPS) is 28.3. The molecule has 22 heavy (non-hydrogen) atoms. The highest BCUT2D eigenvalue weighted by atomic mass is 28.4. The second-order valence-electron chi connectivity index (χ2n) is 7.45. The van der Waals surface area contributed by atoms with Crippen LogP contribution >= 0.6 is 0 Å². The molecule has 0 spiro atoms. The number of ether oxygens (including phenoxy) is 1. The van der Waals surface area contributed by atoms with Crippen LogP contribution in [0.15, 0.2) is 23.5 Å². The Morgan fingerprint density at radius 1 is 1.45 bits per heavy atom. The summed E-state index contributed by atoms with van der Waals surface area (Å²) >= 11 is 0. The number of rotatable bonds is 4. The van der Waals surface area contributed by atoms with Gasteiger partial charge in [-0.15, -0.1) is 0 Å². The first-order valence-electron chi connectivity index (χ1n) is 7.50. The second-order valence-corrected chi connectivity index (χ2v) is 12.2. The average molecular weight is 324 g/mol. The van der Waals surface area contributed by atoms with Gasteiger partial charge in [0.25, 0.3) is 0 Å². The van der Waals surface area contributed by atoms with E-state index in [0.717, 1.165) is 6.29 Å². The number of carbonyl (C=O) groups is 2. The van der Waals surface area contributed by atoms with Crippen molar-refractivity contribution in [3.8, 4) is 0 Å². The Kier molecular flexibility index (Phi) is 4.36. The van der Waals surface area contributed by atoms with Gasteiger partial charge in [-0.05, 0) is 30.1 Å². The monoisotopic (exact) mass is 324 g/mol. The third-order valence-electron chi connectivity index (χ3n) is 5.05. The highest BCUT2D eigenvalue weighted by molar-refractivity contribution is 6.74. The van der Waals surface area contributed by atoms with Crippen molar-refractivity contribution in [1.82, 2.24) is 0 Å². The van der Waals surface area contributed by atoms with Crippen LogP contribution < -0.4 is 0 Å². The van der Waals surface area contributed by atoms with Crippen LogP contribution in [0, 0.1) is 11.8 Å². The fourth-order valence-corrected chi connectivity index (χ4v) is 3.80.